The van der Waals surface area contributed by atoms with Gasteiger partial charge in [-0.1, -0.05) is 12.1 Å². The summed E-state index contributed by atoms with van der Waals surface area (Å²) in [5.74, 6) is 0.893. The molecule has 2 aromatic rings. The Kier molecular flexibility index (Phi) is 5.33. The minimum Gasteiger partial charge on any atom is -0.471 e. The second-order valence-corrected chi connectivity index (χ2v) is 7.63. The van der Waals surface area contributed by atoms with Gasteiger partial charge in [-0.15, -0.1) is 0 Å². The van der Waals surface area contributed by atoms with Crippen molar-refractivity contribution >= 4 is 0 Å². The first-order chi connectivity index (χ1) is 11.9. The third-order valence-corrected chi connectivity index (χ3v) is 4.42. The van der Waals surface area contributed by atoms with Crippen LogP contribution in [0.5, 0.6) is 5.88 Å². The molecule has 2 heterocycles. The number of halogens is 1. The smallest absolute Gasteiger partial charge is 0.237 e. The van der Waals surface area contributed by atoms with Gasteiger partial charge in [-0.05, 0) is 70.3 Å². The van der Waals surface area contributed by atoms with Gasteiger partial charge in [0.15, 0.2) is 0 Å². The number of hydrogen-bond acceptors (Lipinski definition) is 4. The minimum atomic E-state index is -0.296. The summed E-state index contributed by atoms with van der Waals surface area (Å²) in [5.41, 5.74) is 1.69. The third kappa shape index (κ3) is 4.98. The Bertz CT molecular complexity index is 706. The van der Waals surface area contributed by atoms with E-state index in [9.17, 15) is 4.39 Å². The molecule has 0 bridgehead atoms. The normalized spacial score (nSPS) is 16.8. The lowest BCUT2D eigenvalue weighted by atomic mass is 9.89. The Hall–Kier alpha value is -2.01. The average Bonchev–Trinajstić information content (AvgIpc) is 2.56. The van der Waals surface area contributed by atoms with Crippen LogP contribution in [-0.2, 0) is 6.54 Å². The molecule has 3 rings (SSSR count). The van der Waals surface area contributed by atoms with E-state index in [2.05, 4.69) is 14.9 Å². The highest BCUT2D eigenvalue weighted by atomic mass is 19.1. The maximum Gasteiger partial charge on any atom is 0.237 e. The van der Waals surface area contributed by atoms with E-state index >= 15 is 0 Å². The van der Waals surface area contributed by atoms with Gasteiger partial charge >= 0.3 is 0 Å². The van der Waals surface area contributed by atoms with Crippen LogP contribution in [0.15, 0.2) is 36.7 Å². The first kappa shape index (κ1) is 17.8. The van der Waals surface area contributed by atoms with E-state index in [1.54, 1.807) is 24.5 Å². The van der Waals surface area contributed by atoms with E-state index in [-0.39, 0.29) is 11.4 Å². The molecule has 0 N–H and O–H groups in total. The predicted octanol–water partition coefficient (Wildman–Crippen LogP) is 4.17. The molecule has 1 saturated heterocycles. The van der Waals surface area contributed by atoms with Crippen LogP contribution in [0.4, 0.5) is 4.39 Å². The zero-order valence-electron chi connectivity index (χ0n) is 15.2. The fraction of sp³-hybridized carbons (Fsp3) is 0.500. The zero-order chi connectivity index (χ0) is 17.9. The summed E-state index contributed by atoms with van der Waals surface area (Å²) < 4.78 is 19.4. The molecule has 25 heavy (non-hydrogen) atoms. The van der Waals surface area contributed by atoms with Gasteiger partial charge in [0.05, 0.1) is 0 Å². The largest absolute Gasteiger partial charge is 0.471 e. The summed E-state index contributed by atoms with van der Waals surface area (Å²) in [4.78, 5) is 11.2. The number of ether oxygens (including phenoxy) is 1. The van der Waals surface area contributed by atoms with Crippen molar-refractivity contribution in [2.24, 2.45) is 0 Å². The summed E-state index contributed by atoms with van der Waals surface area (Å²) in [7, 11) is 0. The van der Waals surface area contributed by atoms with Crippen LogP contribution >= 0.6 is 0 Å². The van der Waals surface area contributed by atoms with Crippen molar-refractivity contribution < 1.29 is 9.13 Å². The number of nitrogens with zero attached hydrogens (tertiary/aromatic N) is 3. The molecular weight excluding hydrogens is 317 g/mol. The lowest BCUT2D eigenvalue weighted by Crippen LogP contribution is -2.33. The quantitative estimate of drug-likeness (QED) is 0.835. The van der Waals surface area contributed by atoms with Crippen LogP contribution in [0.3, 0.4) is 0 Å². The standard InChI is InChI=1S/C20H26FN3O/c1-20(2,3)25-19-18(22-9-10-23-19)14-24-11-7-15(8-12-24)16-5-4-6-17(21)13-16/h4-6,9-10,13,15H,7-8,11-12,14H2,1-3H3. The van der Waals surface area contributed by atoms with Crippen molar-refractivity contribution in [3.05, 3.63) is 53.7 Å². The molecule has 4 nitrogen and oxygen atoms in total. The van der Waals surface area contributed by atoms with E-state index in [0.29, 0.717) is 11.8 Å². The second-order valence-electron chi connectivity index (χ2n) is 7.63. The summed E-state index contributed by atoms with van der Waals surface area (Å²) in [6, 6.07) is 7.00. The maximum atomic E-state index is 13.4. The van der Waals surface area contributed by atoms with Gasteiger partial charge in [-0.25, -0.2) is 9.37 Å². The van der Waals surface area contributed by atoms with Crippen molar-refractivity contribution in [3.8, 4) is 5.88 Å². The van der Waals surface area contributed by atoms with Crippen LogP contribution in [0.1, 0.15) is 50.8 Å². The summed E-state index contributed by atoms with van der Waals surface area (Å²) in [6.45, 7) is 8.69. The first-order valence-electron chi connectivity index (χ1n) is 8.87. The average molecular weight is 343 g/mol. The molecule has 0 aliphatic carbocycles. The molecule has 1 aliphatic heterocycles. The Morgan fingerprint density at radius 2 is 1.88 bits per heavy atom. The SMILES string of the molecule is CC(C)(C)Oc1nccnc1CN1CCC(c2cccc(F)c2)CC1. The van der Waals surface area contributed by atoms with Crippen molar-refractivity contribution in [2.45, 2.75) is 51.7 Å². The molecule has 0 amide bonds. The Morgan fingerprint density at radius 3 is 2.56 bits per heavy atom. The number of rotatable bonds is 4. The fourth-order valence-corrected chi connectivity index (χ4v) is 3.23. The van der Waals surface area contributed by atoms with Crippen molar-refractivity contribution in [1.29, 1.82) is 0 Å². The summed E-state index contributed by atoms with van der Waals surface area (Å²) >= 11 is 0. The molecule has 1 aromatic heterocycles. The van der Waals surface area contributed by atoms with Gasteiger partial charge < -0.3 is 4.74 Å². The van der Waals surface area contributed by atoms with Gasteiger partial charge in [0.2, 0.25) is 5.88 Å². The Labute approximate surface area is 149 Å². The first-order valence-corrected chi connectivity index (χ1v) is 8.87. The number of aromatic nitrogens is 2. The van der Waals surface area contributed by atoms with E-state index < -0.39 is 0 Å². The van der Waals surface area contributed by atoms with Crippen LogP contribution < -0.4 is 4.74 Å². The summed E-state index contributed by atoms with van der Waals surface area (Å²) in [5, 5.41) is 0. The molecule has 0 unspecified atom stereocenters. The van der Waals surface area contributed by atoms with Gasteiger partial charge in [-0.2, -0.15) is 0 Å². The highest BCUT2D eigenvalue weighted by Gasteiger charge is 2.23. The van der Waals surface area contributed by atoms with Crippen LogP contribution in [-0.4, -0.2) is 33.6 Å². The lowest BCUT2D eigenvalue weighted by molar-refractivity contribution is 0.117. The predicted molar refractivity (Wildman–Crippen MR) is 96.1 cm³/mol. The maximum absolute atomic E-state index is 13.4. The molecule has 0 radical (unpaired) electrons. The highest BCUT2D eigenvalue weighted by molar-refractivity contribution is 5.22. The number of hydrogen-bond donors (Lipinski definition) is 0. The molecular formula is C20H26FN3O. The van der Waals surface area contributed by atoms with Gasteiger partial charge in [0.25, 0.3) is 0 Å². The van der Waals surface area contributed by atoms with Crippen LogP contribution in [0, 0.1) is 5.82 Å². The molecule has 134 valence electrons. The zero-order valence-corrected chi connectivity index (χ0v) is 15.2. The van der Waals surface area contributed by atoms with E-state index in [0.717, 1.165) is 43.7 Å². The number of piperidine rings is 1. The van der Waals surface area contributed by atoms with Crippen LogP contribution in [0.25, 0.3) is 0 Å². The number of likely N-dealkylation sites (tertiary alicyclic amines) is 1. The van der Waals surface area contributed by atoms with Crippen LogP contribution in [0.2, 0.25) is 0 Å². The second kappa shape index (κ2) is 7.48. The van der Waals surface area contributed by atoms with E-state index in [1.807, 2.05) is 26.8 Å². The monoisotopic (exact) mass is 343 g/mol. The molecule has 5 heteroatoms. The highest BCUT2D eigenvalue weighted by Crippen LogP contribution is 2.29. The van der Waals surface area contributed by atoms with Crippen molar-refractivity contribution in [3.63, 3.8) is 0 Å². The Balaban J connectivity index is 1.61. The van der Waals surface area contributed by atoms with Crippen molar-refractivity contribution in [1.82, 2.24) is 14.9 Å². The minimum absolute atomic E-state index is 0.150. The molecule has 0 saturated carbocycles. The molecule has 1 aliphatic rings. The Morgan fingerprint density at radius 1 is 1.16 bits per heavy atom. The van der Waals surface area contributed by atoms with Gasteiger partial charge in [-0.3, -0.25) is 9.88 Å². The molecule has 1 fully saturated rings. The fourth-order valence-electron chi connectivity index (χ4n) is 3.23. The van der Waals surface area contributed by atoms with Gasteiger partial charge in [0, 0.05) is 18.9 Å². The third-order valence-electron chi connectivity index (χ3n) is 4.42. The molecule has 0 atom stereocenters. The summed E-state index contributed by atoms with van der Waals surface area (Å²) in [6.07, 6.45) is 5.43. The van der Waals surface area contributed by atoms with E-state index in [4.69, 9.17) is 4.74 Å². The van der Waals surface area contributed by atoms with Crippen molar-refractivity contribution in [2.75, 3.05) is 13.1 Å². The topological polar surface area (TPSA) is 38.3 Å². The lowest BCUT2D eigenvalue weighted by Gasteiger charge is -2.32. The molecule has 1 aromatic carbocycles. The van der Waals surface area contributed by atoms with E-state index in [1.165, 1.54) is 6.07 Å². The van der Waals surface area contributed by atoms with Gasteiger partial charge in [0.1, 0.15) is 17.1 Å². The number of benzene rings is 1. The molecule has 0 spiro atoms.